The van der Waals surface area contributed by atoms with Crippen molar-refractivity contribution in [1.82, 2.24) is 10.1 Å². The lowest BCUT2D eigenvalue weighted by Crippen LogP contribution is -2.13. The maximum atomic E-state index is 12.6. The van der Waals surface area contributed by atoms with Crippen LogP contribution in [0.4, 0.5) is 5.00 Å². The average molecular weight is 363 g/mol. The largest absolute Gasteiger partial charge is 0.452 e. The predicted octanol–water partition coefficient (Wildman–Crippen LogP) is 3.45. The summed E-state index contributed by atoms with van der Waals surface area (Å²) < 4.78 is 10.5. The number of fused-ring (bicyclic) bond motifs is 1. The highest BCUT2D eigenvalue weighted by Crippen LogP contribution is 2.38. The fourth-order valence-electron chi connectivity index (χ4n) is 2.79. The maximum absolute atomic E-state index is 12.6. The first-order valence-electron chi connectivity index (χ1n) is 8.37. The summed E-state index contributed by atoms with van der Waals surface area (Å²) in [7, 11) is 0. The van der Waals surface area contributed by atoms with Gasteiger partial charge < -0.3 is 14.6 Å². The van der Waals surface area contributed by atoms with Crippen LogP contribution in [-0.2, 0) is 29.0 Å². The van der Waals surface area contributed by atoms with Crippen LogP contribution in [0.15, 0.2) is 4.52 Å². The van der Waals surface area contributed by atoms with Gasteiger partial charge in [0.15, 0.2) is 12.4 Å². The van der Waals surface area contributed by atoms with Crippen molar-refractivity contribution in [3.05, 3.63) is 27.7 Å². The SMILES string of the molecule is CC(=O)Nc1sc2c(c1C(=O)OCc1nc(C(C)C)no1)CCCC2. The minimum Gasteiger partial charge on any atom is -0.452 e. The number of rotatable bonds is 5. The Labute approximate surface area is 149 Å². The first-order valence-corrected chi connectivity index (χ1v) is 9.19. The van der Waals surface area contributed by atoms with Crippen molar-refractivity contribution in [2.45, 2.75) is 59.0 Å². The van der Waals surface area contributed by atoms with E-state index in [0.29, 0.717) is 16.4 Å². The van der Waals surface area contributed by atoms with E-state index in [0.717, 1.165) is 36.1 Å². The van der Waals surface area contributed by atoms with Crippen LogP contribution in [0, 0.1) is 0 Å². The Morgan fingerprint density at radius 3 is 2.76 bits per heavy atom. The Kier molecular flexibility index (Phi) is 5.17. The van der Waals surface area contributed by atoms with Crippen molar-refractivity contribution < 1.29 is 18.8 Å². The van der Waals surface area contributed by atoms with E-state index >= 15 is 0 Å². The van der Waals surface area contributed by atoms with Crippen LogP contribution in [0.2, 0.25) is 0 Å². The number of esters is 1. The summed E-state index contributed by atoms with van der Waals surface area (Å²) >= 11 is 1.46. The van der Waals surface area contributed by atoms with Crippen LogP contribution in [0.25, 0.3) is 0 Å². The lowest BCUT2D eigenvalue weighted by molar-refractivity contribution is -0.114. The zero-order valence-corrected chi connectivity index (χ0v) is 15.4. The molecular formula is C17H21N3O4S. The highest BCUT2D eigenvalue weighted by atomic mass is 32.1. The van der Waals surface area contributed by atoms with Gasteiger partial charge >= 0.3 is 5.97 Å². The minimum atomic E-state index is -0.465. The van der Waals surface area contributed by atoms with E-state index in [9.17, 15) is 9.59 Å². The molecule has 0 saturated heterocycles. The first-order chi connectivity index (χ1) is 12.0. The monoisotopic (exact) mass is 363 g/mol. The molecule has 2 aromatic rings. The third-order valence-electron chi connectivity index (χ3n) is 3.99. The van der Waals surface area contributed by atoms with Gasteiger partial charge in [-0.1, -0.05) is 19.0 Å². The normalized spacial score (nSPS) is 13.6. The van der Waals surface area contributed by atoms with Crippen LogP contribution in [0.5, 0.6) is 0 Å². The molecule has 25 heavy (non-hydrogen) atoms. The first kappa shape index (κ1) is 17.6. The molecule has 0 saturated carbocycles. The number of nitrogens with one attached hydrogen (secondary N) is 1. The van der Waals surface area contributed by atoms with Crippen LogP contribution in [-0.4, -0.2) is 22.0 Å². The number of carbonyl (C=O) groups excluding carboxylic acids is 2. The van der Waals surface area contributed by atoms with Gasteiger partial charge in [-0.15, -0.1) is 11.3 Å². The third-order valence-corrected chi connectivity index (χ3v) is 5.20. The Balaban J connectivity index is 1.78. The van der Waals surface area contributed by atoms with Crippen molar-refractivity contribution in [2.75, 3.05) is 5.32 Å². The molecule has 1 N–H and O–H groups in total. The second-order valence-corrected chi connectivity index (χ2v) is 7.48. The van der Waals surface area contributed by atoms with Gasteiger partial charge in [0.2, 0.25) is 5.91 Å². The van der Waals surface area contributed by atoms with Crippen LogP contribution >= 0.6 is 11.3 Å². The summed E-state index contributed by atoms with van der Waals surface area (Å²) in [4.78, 5) is 29.4. The molecule has 1 amide bonds. The smallest absolute Gasteiger partial charge is 0.341 e. The van der Waals surface area contributed by atoms with Crippen molar-refractivity contribution in [3.63, 3.8) is 0 Å². The topological polar surface area (TPSA) is 94.3 Å². The molecule has 0 spiro atoms. The van der Waals surface area contributed by atoms with Gasteiger partial charge in [-0.05, 0) is 31.2 Å². The molecule has 8 heteroatoms. The minimum absolute atomic E-state index is 0.0807. The second kappa shape index (κ2) is 7.35. The molecule has 1 aliphatic carbocycles. The van der Waals surface area contributed by atoms with Gasteiger partial charge in [-0.3, -0.25) is 4.79 Å². The molecule has 1 aliphatic rings. The number of thiophene rings is 1. The summed E-state index contributed by atoms with van der Waals surface area (Å²) in [6, 6.07) is 0. The lowest BCUT2D eigenvalue weighted by Gasteiger charge is -2.12. The molecular weight excluding hydrogens is 342 g/mol. The van der Waals surface area contributed by atoms with Crippen molar-refractivity contribution in [3.8, 4) is 0 Å². The Morgan fingerprint density at radius 2 is 2.08 bits per heavy atom. The van der Waals surface area contributed by atoms with E-state index in [1.807, 2.05) is 13.8 Å². The number of nitrogens with zero attached hydrogens (tertiary/aromatic N) is 2. The van der Waals surface area contributed by atoms with E-state index < -0.39 is 5.97 Å². The Hall–Kier alpha value is -2.22. The summed E-state index contributed by atoms with van der Waals surface area (Å²) in [5.41, 5.74) is 1.47. The molecule has 7 nitrogen and oxygen atoms in total. The van der Waals surface area contributed by atoms with Crippen molar-refractivity contribution in [1.29, 1.82) is 0 Å². The van der Waals surface area contributed by atoms with E-state index in [1.54, 1.807) is 0 Å². The highest BCUT2D eigenvalue weighted by molar-refractivity contribution is 7.17. The fraction of sp³-hybridized carbons (Fsp3) is 0.529. The average Bonchev–Trinajstić information content (AvgIpc) is 3.16. The van der Waals surface area contributed by atoms with Gasteiger partial charge in [0, 0.05) is 17.7 Å². The quantitative estimate of drug-likeness (QED) is 0.818. The van der Waals surface area contributed by atoms with Crippen LogP contribution in [0.1, 0.15) is 72.0 Å². The molecule has 0 radical (unpaired) electrons. The van der Waals surface area contributed by atoms with Gasteiger partial charge in [0.1, 0.15) is 5.00 Å². The zero-order chi connectivity index (χ0) is 18.0. The number of hydrogen-bond donors (Lipinski definition) is 1. The van der Waals surface area contributed by atoms with Crippen LogP contribution < -0.4 is 5.32 Å². The van der Waals surface area contributed by atoms with Crippen LogP contribution in [0.3, 0.4) is 0 Å². The van der Waals surface area contributed by atoms with E-state index in [4.69, 9.17) is 9.26 Å². The lowest BCUT2D eigenvalue weighted by atomic mass is 9.95. The number of ether oxygens (including phenoxy) is 1. The Bertz CT molecular complexity index is 794. The molecule has 0 fully saturated rings. The summed E-state index contributed by atoms with van der Waals surface area (Å²) in [5.74, 6) is 0.321. The van der Waals surface area contributed by atoms with Gasteiger partial charge in [0.05, 0.1) is 5.56 Å². The Morgan fingerprint density at radius 1 is 1.32 bits per heavy atom. The molecule has 0 aromatic carbocycles. The predicted molar refractivity (Wildman–Crippen MR) is 92.8 cm³/mol. The number of hydrogen-bond acceptors (Lipinski definition) is 7. The molecule has 2 aromatic heterocycles. The molecule has 3 rings (SSSR count). The third kappa shape index (κ3) is 3.89. The van der Waals surface area contributed by atoms with Gasteiger partial charge in [-0.25, -0.2) is 4.79 Å². The molecule has 2 heterocycles. The maximum Gasteiger partial charge on any atom is 0.341 e. The van der Waals surface area contributed by atoms with E-state index in [2.05, 4.69) is 15.5 Å². The van der Waals surface area contributed by atoms with Gasteiger partial charge in [-0.2, -0.15) is 4.98 Å². The van der Waals surface area contributed by atoms with Gasteiger partial charge in [0.25, 0.3) is 5.89 Å². The van der Waals surface area contributed by atoms with E-state index in [1.165, 1.54) is 18.3 Å². The standard InChI is InChI=1S/C17H21N3O4S/c1-9(2)15-19-13(24-20-15)8-23-17(22)14-11-6-4-5-7-12(11)25-16(14)18-10(3)21/h9H,4-8H2,1-3H3,(H,18,21). The van der Waals surface area contributed by atoms with Crippen molar-refractivity contribution in [2.24, 2.45) is 0 Å². The summed E-state index contributed by atoms with van der Waals surface area (Å²) in [5, 5.41) is 7.17. The number of anilines is 1. The highest BCUT2D eigenvalue weighted by Gasteiger charge is 2.27. The molecule has 0 unspecified atom stereocenters. The summed E-state index contributed by atoms with van der Waals surface area (Å²) in [6.45, 7) is 5.26. The number of aromatic nitrogens is 2. The summed E-state index contributed by atoms with van der Waals surface area (Å²) in [6.07, 6.45) is 3.89. The molecule has 0 atom stereocenters. The molecule has 0 aliphatic heterocycles. The number of carbonyl (C=O) groups is 2. The van der Waals surface area contributed by atoms with E-state index in [-0.39, 0.29) is 24.3 Å². The fourth-order valence-corrected chi connectivity index (χ4v) is 4.11. The van der Waals surface area contributed by atoms with Crippen molar-refractivity contribution >= 4 is 28.2 Å². The second-order valence-electron chi connectivity index (χ2n) is 6.37. The molecule has 0 bridgehead atoms. The zero-order valence-electron chi connectivity index (χ0n) is 14.5. The number of aryl methyl sites for hydroxylation is 1. The molecule has 134 valence electrons. The number of amides is 1.